The highest BCUT2D eigenvalue weighted by Crippen LogP contribution is 2.22. The predicted octanol–water partition coefficient (Wildman–Crippen LogP) is 4.54. The maximum atomic E-state index is 12.7. The molecule has 1 unspecified atom stereocenters. The number of hydrogen-bond acceptors (Lipinski definition) is 3. The summed E-state index contributed by atoms with van der Waals surface area (Å²) in [7, 11) is 0. The summed E-state index contributed by atoms with van der Waals surface area (Å²) in [5.74, 6) is -0.920. The van der Waals surface area contributed by atoms with E-state index in [2.05, 4.69) is 5.32 Å². The first-order valence-corrected chi connectivity index (χ1v) is 9.47. The fourth-order valence-electron chi connectivity index (χ4n) is 2.91. The third-order valence-corrected chi connectivity index (χ3v) is 4.43. The lowest BCUT2D eigenvalue weighted by molar-refractivity contribution is -0.150. The average molecular weight is 385 g/mol. The zero-order valence-corrected chi connectivity index (χ0v) is 16.2. The van der Waals surface area contributed by atoms with Crippen molar-refractivity contribution in [2.24, 2.45) is 0 Å². The van der Waals surface area contributed by atoms with Gasteiger partial charge in [0.15, 0.2) is 6.10 Å². The SMILES string of the molecule is CC(OC(=O)/C=C/c1ccccc1)C(=O)NC(c1ccccc1)c1ccccc1. The van der Waals surface area contributed by atoms with Crippen LogP contribution in [-0.2, 0) is 14.3 Å². The van der Waals surface area contributed by atoms with Crippen LogP contribution < -0.4 is 5.32 Å². The van der Waals surface area contributed by atoms with Gasteiger partial charge in [0.25, 0.3) is 5.91 Å². The molecule has 0 spiro atoms. The second-order valence-corrected chi connectivity index (χ2v) is 6.59. The highest BCUT2D eigenvalue weighted by molar-refractivity contribution is 5.90. The molecule has 0 saturated carbocycles. The van der Waals surface area contributed by atoms with Crippen LogP contribution in [0.4, 0.5) is 0 Å². The zero-order chi connectivity index (χ0) is 20.5. The second-order valence-electron chi connectivity index (χ2n) is 6.59. The van der Waals surface area contributed by atoms with Crippen LogP contribution >= 0.6 is 0 Å². The Balaban J connectivity index is 1.66. The van der Waals surface area contributed by atoms with Crippen molar-refractivity contribution in [3.63, 3.8) is 0 Å². The lowest BCUT2D eigenvalue weighted by atomic mass is 9.98. The number of benzene rings is 3. The van der Waals surface area contributed by atoms with Crippen LogP contribution in [0.15, 0.2) is 97.1 Å². The van der Waals surface area contributed by atoms with Gasteiger partial charge in [-0.1, -0.05) is 91.0 Å². The molecule has 0 aliphatic carbocycles. The van der Waals surface area contributed by atoms with Crippen LogP contribution in [0.5, 0.6) is 0 Å². The number of nitrogens with one attached hydrogen (secondary N) is 1. The van der Waals surface area contributed by atoms with Crippen LogP contribution in [0, 0.1) is 0 Å². The van der Waals surface area contributed by atoms with Gasteiger partial charge in [-0.2, -0.15) is 0 Å². The molecule has 29 heavy (non-hydrogen) atoms. The minimum Gasteiger partial charge on any atom is -0.449 e. The third kappa shape index (κ3) is 5.91. The Morgan fingerprint density at radius 2 is 1.28 bits per heavy atom. The summed E-state index contributed by atoms with van der Waals surface area (Å²) in [6.07, 6.45) is 2.06. The van der Waals surface area contributed by atoms with Crippen molar-refractivity contribution in [3.05, 3.63) is 114 Å². The summed E-state index contributed by atoms with van der Waals surface area (Å²) < 4.78 is 5.27. The summed E-state index contributed by atoms with van der Waals surface area (Å²) in [6.45, 7) is 1.57. The molecule has 0 radical (unpaired) electrons. The van der Waals surface area contributed by atoms with Crippen LogP contribution in [0.3, 0.4) is 0 Å². The molecule has 0 fully saturated rings. The van der Waals surface area contributed by atoms with E-state index in [-0.39, 0.29) is 11.9 Å². The Morgan fingerprint density at radius 3 is 1.79 bits per heavy atom. The van der Waals surface area contributed by atoms with Gasteiger partial charge in [-0.3, -0.25) is 4.79 Å². The van der Waals surface area contributed by atoms with E-state index in [9.17, 15) is 9.59 Å². The van der Waals surface area contributed by atoms with Gasteiger partial charge in [0, 0.05) is 6.08 Å². The Morgan fingerprint density at radius 1 is 0.793 bits per heavy atom. The van der Waals surface area contributed by atoms with E-state index in [1.165, 1.54) is 6.08 Å². The molecule has 0 bridgehead atoms. The van der Waals surface area contributed by atoms with Crippen LogP contribution in [0.1, 0.15) is 29.7 Å². The van der Waals surface area contributed by atoms with Crippen molar-refractivity contribution in [1.82, 2.24) is 5.32 Å². The van der Waals surface area contributed by atoms with Crippen LogP contribution in [0.2, 0.25) is 0 Å². The molecule has 3 aromatic carbocycles. The van der Waals surface area contributed by atoms with Crippen molar-refractivity contribution in [1.29, 1.82) is 0 Å². The fourth-order valence-corrected chi connectivity index (χ4v) is 2.91. The Bertz CT molecular complexity index is 914. The molecular weight excluding hydrogens is 362 g/mol. The molecule has 3 aromatic rings. The maximum absolute atomic E-state index is 12.7. The number of esters is 1. The number of rotatable bonds is 7. The minimum atomic E-state index is -0.919. The second kappa shape index (κ2) is 10.0. The molecular formula is C25H23NO3. The molecule has 3 rings (SSSR count). The predicted molar refractivity (Wildman–Crippen MR) is 114 cm³/mol. The van der Waals surface area contributed by atoms with E-state index < -0.39 is 12.1 Å². The molecule has 0 heterocycles. The van der Waals surface area contributed by atoms with Gasteiger partial charge in [-0.05, 0) is 29.7 Å². The molecule has 0 saturated heterocycles. The van der Waals surface area contributed by atoms with Gasteiger partial charge in [0.05, 0.1) is 6.04 Å². The van der Waals surface area contributed by atoms with Gasteiger partial charge in [0.2, 0.25) is 0 Å². The van der Waals surface area contributed by atoms with E-state index >= 15 is 0 Å². The van der Waals surface area contributed by atoms with Crippen molar-refractivity contribution in [3.8, 4) is 0 Å². The van der Waals surface area contributed by atoms with E-state index in [0.717, 1.165) is 16.7 Å². The van der Waals surface area contributed by atoms with Crippen molar-refractivity contribution >= 4 is 18.0 Å². The highest BCUT2D eigenvalue weighted by atomic mass is 16.5. The van der Waals surface area contributed by atoms with Crippen molar-refractivity contribution in [2.75, 3.05) is 0 Å². The molecule has 1 amide bonds. The van der Waals surface area contributed by atoms with Gasteiger partial charge in [-0.15, -0.1) is 0 Å². The topological polar surface area (TPSA) is 55.4 Å². The summed E-state index contributed by atoms with van der Waals surface area (Å²) >= 11 is 0. The molecule has 4 nitrogen and oxygen atoms in total. The number of hydrogen-bond donors (Lipinski definition) is 1. The maximum Gasteiger partial charge on any atom is 0.331 e. The van der Waals surface area contributed by atoms with Gasteiger partial charge >= 0.3 is 5.97 Å². The van der Waals surface area contributed by atoms with Gasteiger partial charge in [0.1, 0.15) is 0 Å². The number of carbonyl (C=O) groups excluding carboxylic acids is 2. The first kappa shape index (κ1) is 20.1. The smallest absolute Gasteiger partial charge is 0.331 e. The molecule has 146 valence electrons. The largest absolute Gasteiger partial charge is 0.449 e. The van der Waals surface area contributed by atoms with Gasteiger partial charge in [-0.25, -0.2) is 4.79 Å². The Hall–Kier alpha value is -3.66. The highest BCUT2D eigenvalue weighted by Gasteiger charge is 2.22. The molecule has 1 N–H and O–H groups in total. The zero-order valence-electron chi connectivity index (χ0n) is 16.2. The standard InChI is InChI=1S/C25H23NO3/c1-19(29-23(27)18-17-20-11-5-2-6-12-20)25(28)26-24(21-13-7-3-8-14-21)22-15-9-4-10-16-22/h2-19,24H,1H3,(H,26,28)/b18-17+. The third-order valence-electron chi connectivity index (χ3n) is 4.43. The summed E-state index contributed by atoms with van der Waals surface area (Å²) in [6, 6.07) is 28.5. The lowest BCUT2D eigenvalue weighted by Crippen LogP contribution is -2.38. The van der Waals surface area contributed by atoms with Gasteiger partial charge < -0.3 is 10.1 Å². The first-order chi connectivity index (χ1) is 14.1. The average Bonchev–Trinajstić information content (AvgIpc) is 2.77. The van der Waals surface area contributed by atoms with Crippen molar-refractivity contribution < 1.29 is 14.3 Å². The van der Waals surface area contributed by atoms with Crippen molar-refractivity contribution in [2.45, 2.75) is 19.1 Å². The molecule has 0 aliphatic rings. The summed E-state index contributed by atoms with van der Waals surface area (Å²) in [5.41, 5.74) is 2.79. The molecule has 1 atom stereocenters. The summed E-state index contributed by atoms with van der Waals surface area (Å²) in [4.78, 5) is 24.8. The summed E-state index contributed by atoms with van der Waals surface area (Å²) in [5, 5.41) is 2.99. The van der Waals surface area contributed by atoms with E-state index in [4.69, 9.17) is 4.74 Å². The fraction of sp³-hybridized carbons (Fsp3) is 0.120. The first-order valence-electron chi connectivity index (χ1n) is 9.47. The Labute approximate surface area is 170 Å². The van der Waals surface area contributed by atoms with E-state index in [1.807, 2.05) is 91.0 Å². The van der Waals surface area contributed by atoms with Crippen LogP contribution in [-0.4, -0.2) is 18.0 Å². The normalized spacial score (nSPS) is 11.9. The van der Waals surface area contributed by atoms with Crippen LogP contribution in [0.25, 0.3) is 6.08 Å². The minimum absolute atomic E-state index is 0.328. The lowest BCUT2D eigenvalue weighted by Gasteiger charge is -2.22. The molecule has 0 aromatic heterocycles. The quantitative estimate of drug-likeness (QED) is 0.480. The van der Waals surface area contributed by atoms with E-state index in [0.29, 0.717) is 0 Å². The monoisotopic (exact) mass is 385 g/mol. The molecule has 4 heteroatoms. The number of amides is 1. The number of ether oxygens (including phenoxy) is 1. The van der Waals surface area contributed by atoms with E-state index in [1.54, 1.807) is 13.0 Å². The Kier molecular flexibility index (Phi) is 6.95. The molecule has 0 aliphatic heterocycles. The number of carbonyl (C=O) groups is 2.